The molecule has 1 N–H and O–H groups in total. The van der Waals surface area contributed by atoms with Crippen molar-refractivity contribution in [2.75, 3.05) is 13.7 Å². The average Bonchev–Trinajstić information content (AvgIpc) is 2.39. The molecule has 0 bridgehead atoms. The third kappa shape index (κ3) is 6.20. The molecule has 0 fully saturated rings. The predicted molar refractivity (Wildman–Crippen MR) is 73.0 cm³/mol. The van der Waals surface area contributed by atoms with E-state index < -0.39 is 0 Å². The number of carbonyl (C=O) groups is 1. The monoisotopic (exact) mass is 266 g/mol. The Labute approximate surface area is 114 Å². The molecule has 0 unspecified atom stereocenters. The van der Waals surface area contributed by atoms with Gasteiger partial charge < -0.3 is 14.8 Å². The topological polar surface area (TPSA) is 60.5 Å². The maximum absolute atomic E-state index is 10.9. The molecule has 5 nitrogen and oxygen atoms in total. The molecule has 106 valence electrons. The molecule has 1 rings (SSSR count). The Morgan fingerprint density at radius 1 is 1.47 bits per heavy atom. The van der Waals surface area contributed by atoms with Gasteiger partial charge >= 0.3 is 5.97 Å². The minimum atomic E-state index is -0.174. The second kappa shape index (κ2) is 8.48. The first-order chi connectivity index (χ1) is 9.13. The molecule has 0 amide bonds. The molecule has 0 aromatic carbocycles. The zero-order chi connectivity index (χ0) is 14.1. The van der Waals surface area contributed by atoms with E-state index in [0.29, 0.717) is 18.8 Å². The Hall–Kier alpha value is -1.62. The molecule has 0 saturated heterocycles. The van der Waals surface area contributed by atoms with Gasteiger partial charge in [0.15, 0.2) is 0 Å². The number of nitrogens with zero attached hydrogens (tertiary/aromatic N) is 1. The predicted octanol–water partition coefficient (Wildman–Crippen LogP) is 1.91. The lowest BCUT2D eigenvalue weighted by Gasteiger charge is -2.13. The lowest BCUT2D eigenvalue weighted by Crippen LogP contribution is -2.18. The van der Waals surface area contributed by atoms with Crippen LogP contribution in [0.5, 0.6) is 5.88 Å². The minimum absolute atomic E-state index is 0.105. The lowest BCUT2D eigenvalue weighted by molar-refractivity contribution is -0.140. The van der Waals surface area contributed by atoms with E-state index in [1.54, 1.807) is 6.20 Å². The van der Waals surface area contributed by atoms with Gasteiger partial charge in [0.2, 0.25) is 5.88 Å². The van der Waals surface area contributed by atoms with Gasteiger partial charge in [-0.1, -0.05) is 6.07 Å². The second-order valence-corrected chi connectivity index (χ2v) is 4.49. The van der Waals surface area contributed by atoms with Crippen LogP contribution in [0.25, 0.3) is 0 Å². The standard InChI is InChI=1S/C14H22N2O3/c1-11(2)19-14-12(6-4-9-16-14)10-15-8-5-7-13(17)18-3/h4,6,9,11,15H,5,7-8,10H2,1-3H3. The summed E-state index contributed by atoms with van der Waals surface area (Å²) in [7, 11) is 1.40. The number of hydrogen-bond acceptors (Lipinski definition) is 5. The summed E-state index contributed by atoms with van der Waals surface area (Å²) in [6.45, 7) is 5.38. The Kier molecular flexibility index (Phi) is 6.89. The average molecular weight is 266 g/mol. The molecular weight excluding hydrogens is 244 g/mol. The number of pyridine rings is 1. The molecule has 19 heavy (non-hydrogen) atoms. The van der Waals surface area contributed by atoms with Crippen LogP contribution in [-0.2, 0) is 16.1 Å². The number of nitrogens with one attached hydrogen (secondary N) is 1. The molecule has 0 radical (unpaired) electrons. The second-order valence-electron chi connectivity index (χ2n) is 4.49. The van der Waals surface area contributed by atoms with E-state index in [2.05, 4.69) is 15.0 Å². The summed E-state index contributed by atoms with van der Waals surface area (Å²) in [4.78, 5) is 15.2. The van der Waals surface area contributed by atoms with Crippen molar-refractivity contribution in [3.8, 4) is 5.88 Å². The summed E-state index contributed by atoms with van der Waals surface area (Å²) in [5.41, 5.74) is 1.02. The summed E-state index contributed by atoms with van der Waals surface area (Å²) < 4.78 is 10.2. The summed E-state index contributed by atoms with van der Waals surface area (Å²) in [5, 5.41) is 3.27. The molecule has 5 heteroatoms. The number of hydrogen-bond donors (Lipinski definition) is 1. The van der Waals surface area contributed by atoms with Crippen LogP contribution in [0.1, 0.15) is 32.3 Å². The van der Waals surface area contributed by atoms with Gasteiger partial charge in [-0.3, -0.25) is 4.79 Å². The van der Waals surface area contributed by atoms with Gasteiger partial charge in [-0.05, 0) is 32.9 Å². The molecule has 1 aromatic rings. The van der Waals surface area contributed by atoms with E-state index in [1.807, 2.05) is 26.0 Å². The Balaban J connectivity index is 2.34. The maximum Gasteiger partial charge on any atom is 0.305 e. The van der Waals surface area contributed by atoms with Gasteiger partial charge in [0.1, 0.15) is 0 Å². The maximum atomic E-state index is 10.9. The Morgan fingerprint density at radius 2 is 2.26 bits per heavy atom. The van der Waals surface area contributed by atoms with Crippen molar-refractivity contribution in [1.29, 1.82) is 0 Å². The van der Waals surface area contributed by atoms with Crippen LogP contribution in [0, 0.1) is 0 Å². The zero-order valence-electron chi connectivity index (χ0n) is 11.8. The van der Waals surface area contributed by atoms with E-state index in [1.165, 1.54) is 7.11 Å². The van der Waals surface area contributed by atoms with Gasteiger partial charge in [0.25, 0.3) is 0 Å². The molecule has 0 spiro atoms. The van der Waals surface area contributed by atoms with Gasteiger partial charge in [0, 0.05) is 24.7 Å². The number of aromatic nitrogens is 1. The zero-order valence-corrected chi connectivity index (χ0v) is 11.8. The first-order valence-electron chi connectivity index (χ1n) is 6.51. The van der Waals surface area contributed by atoms with Crippen molar-refractivity contribution in [2.45, 2.75) is 39.3 Å². The van der Waals surface area contributed by atoms with E-state index in [-0.39, 0.29) is 12.1 Å². The minimum Gasteiger partial charge on any atom is -0.475 e. The third-order valence-corrected chi connectivity index (χ3v) is 2.47. The van der Waals surface area contributed by atoms with E-state index in [0.717, 1.165) is 18.5 Å². The largest absolute Gasteiger partial charge is 0.475 e. The van der Waals surface area contributed by atoms with Crippen molar-refractivity contribution in [2.24, 2.45) is 0 Å². The van der Waals surface area contributed by atoms with E-state index in [4.69, 9.17) is 4.74 Å². The van der Waals surface area contributed by atoms with Crippen molar-refractivity contribution in [3.05, 3.63) is 23.9 Å². The van der Waals surface area contributed by atoms with Crippen LogP contribution < -0.4 is 10.1 Å². The number of esters is 1. The van der Waals surface area contributed by atoms with Crippen molar-refractivity contribution in [1.82, 2.24) is 10.3 Å². The Bertz CT molecular complexity index is 394. The highest BCUT2D eigenvalue weighted by molar-refractivity contribution is 5.69. The Morgan fingerprint density at radius 3 is 2.95 bits per heavy atom. The first-order valence-corrected chi connectivity index (χ1v) is 6.51. The van der Waals surface area contributed by atoms with Crippen LogP contribution in [0.15, 0.2) is 18.3 Å². The molecule has 0 saturated carbocycles. The lowest BCUT2D eigenvalue weighted by atomic mass is 10.2. The van der Waals surface area contributed by atoms with Crippen LogP contribution >= 0.6 is 0 Å². The smallest absolute Gasteiger partial charge is 0.305 e. The van der Waals surface area contributed by atoms with Crippen LogP contribution in [0.3, 0.4) is 0 Å². The highest BCUT2D eigenvalue weighted by atomic mass is 16.5. The van der Waals surface area contributed by atoms with Gasteiger partial charge in [-0.25, -0.2) is 4.98 Å². The molecule has 1 aromatic heterocycles. The van der Waals surface area contributed by atoms with Crippen LogP contribution in [0.4, 0.5) is 0 Å². The molecule has 0 aliphatic heterocycles. The van der Waals surface area contributed by atoms with Crippen LogP contribution in [0.2, 0.25) is 0 Å². The number of ether oxygens (including phenoxy) is 2. The summed E-state index contributed by atoms with van der Waals surface area (Å²) in [6, 6.07) is 3.87. The summed E-state index contributed by atoms with van der Waals surface area (Å²) in [5.74, 6) is 0.491. The summed E-state index contributed by atoms with van der Waals surface area (Å²) >= 11 is 0. The highest BCUT2D eigenvalue weighted by Crippen LogP contribution is 2.15. The van der Waals surface area contributed by atoms with Gasteiger partial charge in [0.05, 0.1) is 13.2 Å². The SMILES string of the molecule is COC(=O)CCCNCc1cccnc1OC(C)C. The molecule has 0 atom stereocenters. The quantitative estimate of drug-likeness (QED) is 0.575. The number of carbonyl (C=O) groups excluding carboxylic acids is 1. The van der Waals surface area contributed by atoms with Crippen LogP contribution in [-0.4, -0.2) is 30.7 Å². The molecular formula is C14H22N2O3. The van der Waals surface area contributed by atoms with Crippen molar-refractivity contribution >= 4 is 5.97 Å². The van der Waals surface area contributed by atoms with E-state index in [9.17, 15) is 4.79 Å². The summed E-state index contributed by atoms with van der Waals surface area (Å²) in [6.07, 6.45) is 3.02. The van der Waals surface area contributed by atoms with Gasteiger partial charge in [-0.2, -0.15) is 0 Å². The molecule has 0 aliphatic rings. The fourth-order valence-corrected chi connectivity index (χ4v) is 1.57. The van der Waals surface area contributed by atoms with Crippen molar-refractivity contribution < 1.29 is 14.3 Å². The normalized spacial score (nSPS) is 10.5. The van der Waals surface area contributed by atoms with Gasteiger partial charge in [-0.15, -0.1) is 0 Å². The fourth-order valence-electron chi connectivity index (χ4n) is 1.57. The number of methoxy groups -OCH3 is 1. The number of rotatable bonds is 8. The molecule has 1 heterocycles. The van der Waals surface area contributed by atoms with Crippen molar-refractivity contribution in [3.63, 3.8) is 0 Å². The third-order valence-electron chi connectivity index (χ3n) is 2.47. The molecule has 0 aliphatic carbocycles. The highest BCUT2D eigenvalue weighted by Gasteiger charge is 2.06. The first kappa shape index (κ1) is 15.4. The van der Waals surface area contributed by atoms with E-state index >= 15 is 0 Å². The fraction of sp³-hybridized carbons (Fsp3) is 0.571.